The lowest BCUT2D eigenvalue weighted by Crippen LogP contribution is -2.38. The molecule has 0 bridgehead atoms. The van der Waals surface area contributed by atoms with Crippen LogP contribution in [0, 0.1) is 11.3 Å². The smallest absolute Gasteiger partial charge is 0.298 e. The topological polar surface area (TPSA) is 149 Å². The molecular weight excluding hydrogens is 462 g/mol. The summed E-state index contributed by atoms with van der Waals surface area (Å²) in [6, 6.07) is 7.65. The van der Waals surface area contributed by atoms with Crippen LogP contribution >= 0.6 is 0 Å². The van der Waals surface area contributed by atoms with Crippen LogP contribution in [0.3, 0.4) is 0 Å². The average Bonchev–Trinajstić information content (AvgIpc) is 3.32. The number of benzene rings is 1. The van der Waals surface area contributed by atoms with Crippen molar-refractivity contribution in [2.75, 3.05) is 46.6 Å². The Morgan fingerprint density at radius 1 is 1.14 bits per heavy atom. The van der Waals surface area contributed by atoms with Gasteiger partial charge in [0.1, 0.15) is 6.07 Å². The zero-order valence-corrected chi connectivity index (χ0v) is 19.3. The Morgan fingerprint density at radius 2 is 1.89 bits per heavy atom. The second kappa shape index (κ2) is 9.83. The molecule has 36 heavy (non-hydrogen) atoms. The normalized spacial score (nSPS) is 16.7. The van der Waals surface area contributed by atoms with Gasteiger partial charge in [-0.3, -0.25) is 9.59 Å². The molecule has 0 spiro atoms. The van der Waals surface area contributed by atoms with Crippen LogP contribution < -0.4 is 20.4 Å². The highest BCUT2D eigenvalue weighted by atomic mass is 16.5. The van der Waals surface area contributed by atoms with E-state index >= 15 is 0 Å². The molecule has 2 aliphatic heterocycles. The first-order chi connectivity index (χ1) is 17.6. The fraction of sp³-hybridized carbons (Fsp3) is 0.292. The van der Waals surface area contributed by atoms with Crippen LogP contribution in [0.15, 0.2) is 42.9 Å². The first-order valence-electron chi connectivity index (χ1n) is 11.5. The molecule has 1 aromatic carbocycles. The van der Waals surface area contributed by atoms with E-state index in [9.17, 15) is 9.59 Å². The molecule has 0 saturated carbocycles. The fourth-order valence-electron chi connectivity index (χ4n) is 4.23. The summed E-state index contributed by atoms with van der Waals surface area (Å²) in [7, 11) is 0. The summed E-state index contributed by atoms with van der Waals surface area (Å²) in [5.41, 5.74) is 0.941. The number of fused-ring (bicyclic) bond motifs is 1. The van der Waals surface area contributed by atoms with Crippen molar-refractivity contribution in [2.45, 2.75) is 18.9 Å². The molecular formula is C24H23N9O3. The maximum atomic E-state index is 12.2. The molecule has 1 unspecified atom stereocenters. The summed E-state index contributed by atoms with van der Waals surface area (Å²) >= 11 is 0. The Morgan fingerprint density at radius 3 is 2.56 bits per heavy atom. The van der Waals surface area contributed by atoms with E-state index < -0.39 is 5.91 Å². The number of hydrogen-bond acceptors (Lipinski definition) is 11. The number of carbonyl (C=O) groups is 2. The van der Waals surface area contributed by atoms with Crippen molar-refractivity contribution in [3.63, 3.8) is 0 Å². The Labute approximate surface area is 206 Å². The van der Waals surface area contributed by atoms with E-state index in [0.717, 1.165) is 54.9 Å². The third-order valence-electron chi connectivity index (χ3n) is 6.20. The highest BCUT2D eigenvalue weighted by Gasteiger charge is 2.28. The van der Waals surface area contributed by atoms with Gasteiger partial charge in [-0.05, 0) is 31.0 Å². The zero-order valence-electron chi connectivity index (χ0n) is 19.3. The quantitative estimate of drug-likeness (QED) is 0.273. The molecule has 3 aromatic rings. The molecule has 2 saturated heterocycles. The van der Waals surface area contributed by atoms with E-state index in [1.165, 1.54) is 12.4 Å². The van der Waals surface area contributed by atoms with Gasteiger partial charge < -0.3 is 25.2 Å². The number of amides is 1. The van der Waals surface area contributed by atoms with E-state index in [-0.39, 0.29) is 18.3 Å². The Bertz CT molecular complexity index is 1370. The van der Waals surface area contributed by atoms with Gasteiger partial charge in [-0.2, -0.15) is 5.26 Å². The average molecular weight is 486 g/mol. The first-order valence-corrected chi connectivity index (χ1v) is 11.5. The molecule has 1 atom stereocenters. The minimum absolute atomic E-state index is 0.104. The minimum Gasteiger partial charge on any atom is -0.423 e. The second-order valence-corrected chi connectivity index (χ2v) is 8.52. The van der Waals surface area contributed by atoms with Crippen molar-refractivity contribution in [3.05, 3.63) is 48.5 Å². The van der Waals surface area contributed by atoms with Gasteiger partial charge >= 0.3 is 0 Å². The SMILES string of the molecule is C=C(OC=O)C(=O)Nc1ccc2c(N3CCC(Nc4ncc(C#N)cn4)C3)nnc(N3CCC3)c2c1. The van der Waals surface area contributed by atoms with Crippen LogP contribution in [0.25, 0.3) is 10.8 Å². The number of nitrogens with zero attached hydrogens (tertiary/aromatic N) is 7. The summed E-state index contributed by atoms with van der Waals surface area (Å²) in [4.78, 5) is 35.5. The number of ether oxygens (including phenoxy) is 1. The maximum Gasteiger partial charge on any atom is 0.298 e. The maximum absolute atomic E-state index is 12.2. The summed E-state index contributed by atoms with van der Waals surface area (Å²) in [5.74, 6) is 1.10. The lowest BCUT2D eigenvalue weighted by atomic mass is 10.1. The van der Waals surface area contributed by atoms with Gasteiger partial charge in [-0.15, -0.1) is 10.2 Å². The standard InChI is InChI=1S/C24H23N9O3/c1-15(36-14-34)23(35)28-17-3-4-19-20(9-17)22(32-6-2-7-32)31-30-21(19)33-8-5-18(13-33)29-24-26-11-16(10-25)12-27-24/h3-4,9,11-12,14,18H,1-2,5-8,13H2,(H,28,35)(H,26,27,29). The van der Waals surface area contributed by atoms with Crippen molar-refractivity contribution < 1.29 is 14.3 Å². The summed E-state index contributed by atoms with van der Waals surface area (Å²) < 4.78 is 4.55. The van der Waals surface area contributed by atoms with Gasteiger partial charge in [0.25, 0.3) is 12.4 Å². The van der Waals surface area contributed by atoms with Crippen LogP contribution in [0.2, 0.25) is 0 Å². The van der Waals surface area contributed by atoms with Crippen molar-refractivity contribution in [1.29, 1.82) is 5.26 Å². The van der Waals surface area contributed by atoms with E-state index in [1.807, 2.05) is 18.2 Å². The van der Waals surface area contributed by atoms with E-state index in [2.05, 4.69) is 51.9 Å². The predicted octanol–water partition coefficient (Wildman–Crippen LogP) is 1.82. The molecule has 182 valence electrons. The van der Waals surface area contributed by atoms with Crippen LogP contribution in [0.4, 0.5) is 23.3 Å². The largest absolute Gasteiger partial charge is 0.423 e. The van der Waals surface area contributed by atoms with Gasteiger partial charge in [-0.25, -0.2) is 9.97 Å². The van der Waals surface area contributed by atoms with Gasteiger partial charge in [0, 0.05) is 48.7 Å². The number of aromatic nitrogens is 4. The molecule has 0 aliphatic carbocycles. The highest BCUT2D eigenvalue weighted by molar-refractivity contribution is 6.06. The Hall–Kier alpha value is -4.79. The lowest BCUT2D eigenvalue weighted by Gasteiger charge is -2.33. The minimum atomic E-state index is -0.604. The van der Waals surface area contributed by atoms with Crippen molar-refractivity contribution in [3.8, 4) is 6.07 Å². The number of nitrogens with one attached hydrogen (secondary N) is 2. The zero-order chi connectivity index (χ0) is 25.1. The molecule has 2 aromatic heterocycles. The third-order valence-corrected chi connectivity index (χ3v) is 6.20. The summed E-state index contributed by atoms with van der Waals surface area (Å²) in [5, 5.41) is 25.9. The highest BCUT2D eigenvalue weighted by Crippen LogP contribution is 2.35. The van der Waals surface area contributed by atoms with Crippen LogP contribution in [-0.2, 0) is 14.3 Å². The molecule has 1 amide bonds. The van der Waals surface area contributed by atoms with Crippen LogP contribution in [0.1, 0.15) is 18.4 Å². The second-order valence-electron chi connectivity index (χ2n) is 8.52. The summed E-state index contributed by atoms with van der Waals surface area (Å²) in [6.45, 7) is 6.85. The van der Waals surface area contributed by atoms with Gasteiger partial charge in [0.05, 0.1) is 18.0 Å². The number of hydrogen-bond donors (Lipinski definition) is 2. The molecule has 4 heterocycles. The molecule has 2 aliphatic rings. The Balaban J connectivity index is 1.39. The third kappa shape index (κ3) is 4.58. The monoisotopic (exact) mass is 485 g/mol. The molecule has 5 rings (SSSR count). The number of carbonyl (C=O) groups excluding carboxylic acids is 2. The first kappa shape index (κ1) is 23.0. The number of rotatable bonds is 8. The van der Waals surface area contributed by atoms with Crippen molar-refractivity contribution in [2.24, 2.45) is 0 Å². The van der Waals surface area contributed by atoms with Crippen LogP contribution in [-0.4, -0.2) is 64.8 Å². The Kier molecular flexibility index (Phi) is 6.27. The molecule has 0 radical (unpaired) electrons. The van der Waals surface area contributed by atoms with Gasteiger partial charge in [0.2, 0.25) is 5.95 Å². The fourth-order valence-corrected chi connectivity index (χ4v) is 4.23. The van der Waals surface area contributed by atoms with Crippen LogP contribution in [0.5, 0.6) is 0 Å². The van der Waals surface area contributed by atoms with Gasteiger partial charge in [0.15, 0.2) is 17.4 Å². The van der Waals surface area contributed by atoms with Crippen molar-refractivity contribution in [1.82, 2.24) is 20.2 Å². The lowest BCUT2D eigenvalue weighted by molar-refractivity contribution is -0.129. The number of anilines is 4. The molecule has 12 heteroatoms. The molecule has 2 fully saturated rings. The molecule has 12 nitrogen and oxygen atoms in total. The summed E-state index contributed by atoms with van der Waals surface area (Å²) in [6.07, 6.45) is 4.92. The predicted molar refractivity (Wildman–Crippen MR) is 132 cm³/mol. The van der Waals surface area contributed by atoms with E-state index in [0.29, 0.717) is 23.7 Å². The van der Waals surface area contributed by atoms with E-state index in [1.54, 1.807) is 6.07 Å². The molecule has 2 N–H and O–H groups in total. The van der Waals surface area contributed by atoms with E-state index in [4.69, 9.17) is 5.26 Å². The number of nitriles is 1. The van der Waals surface area contributed by atoms with Crippen molar-refractivity contribution >= 4 is 46.4 Å². The van der Waals surface area contributed by atoms with Gasteiger partial charge in [-0.1, -0.05) is 6.58 Å².